The van der Waals surface area contributed by atoms with Crippen LogP contribution in [0.15, 0.2) is 24.3 Å². The fraction of sp³-hybridized carbons (Fsp3) is 0.333. The lowest BCUT2D eigenvalue weighted by molar-refractivity contribution is -0.127. The maximum atomic E-state index is 12.3. The average Bonchev–Trinajstić information content (AvgIpc) is 2.95. The van der Waals surface area contributed by atoms with Gasteiger partial charge in [0.15, 0.2) is 0 Å². The zero-order valence-electron chi connectivity index (χ0n) is 16.6. The van der Waals surface area contributed by atoms with Crippen molar-refractivity contribution < 1.29 is 4.79 Å². The van der Waals surface area contributed by atoms with Crippen molar-refractivity contribution in [3.63, 3.8) is 0 Å². The quantitative estimate of drug-likeness (QED) is 0.618. The van der Waals surface area contributed by atoms with E-state index in [2.05, 4.69) is 26.0 Å². The summed E-state index contributed by atoms with van der Waals surface area (Å²) in [5.41, 5.74) is 7.94. The van der Waals surface area contributed by atoms with Gasteiger partial charge in [0, 0.05) is 25.4 Å². The Labute approximate surface area is 171 Å². The van der Waals surface area contributed by atoms with Crippen LogP contribution in [-0.2, 0) is 11.2 Å². The number of benzene rings is 1. The number of hydrogen-bond acceptors (Lipinski definition) is 2. The molecule has 0 bridgehead atoms. The Morgan fingerprint density at radius 1 is 1.07 bits per heavy atom. The molecule has 27 heavy (non-hydrogen) atoms. The molecule has 0 unspecified atom stereocenters. The number of pyridine rings is 1. The second-order valence-electron chi connectivity index (χ2n) is 7.06. The van der Waals surface area contributed by atoms with E-state index in [1.807, 2.05) is 30.4 Å². The van der Waals surface area contributed by atoms with Gasteiger partial charge in [-0.05, 0) is 44.4 Å². The van der Waals surface area contributed by atoms with Gasteiger partial charge < -0.3 is 4.90 Å². The number of aromatic nitrogens is 2. The lowest BCUT2D eigenvalue weighted by Crippen LogP contribution is -2.24. The Kier molecular flexibility index (Phi) is 6.23. The highest BCUT2D eigenvalue weighted by Gasteiger charge is 2.21. The van der Waals surface area contributed by atoms with Gasteiger partial charge >= 0.3 is 0 Å². The summed E-state index contributed by atoms with van der Waals surface area (Å²) in [5.74, 6) is 0.0740. The number of likely N-dealkylation sites (N-methyl/N-ethyl adjacent to an activating group) is 1. The molecule has 0 N–H and O–H groups in total. The minimum atomic E-state index is 0. The van der Waals surface area contributed by atoms with Crippen molar-refractivity contribution in [1.29, 1.82) is 0 Å². The second kappa shape index (κ2) is 7.91. The minimum Gasteiger partial charge on any atom is -0.349 e. The molecule has 3 rings (SSSR count). The minimum absolute atomic E-state index is 0. The third kappa shape index (κ3) is 3.69. The first-order chi connectivity index (χ1) is 12.2. The number of hydrogen-bond donors (Lipinski definition) is 0. The van der Waals surface area contributed by atoms with Crippen LogP contribution in [0.1, 0.15) is 27.9 Å². The van der Waals surface area contributed by atoms with Gasteiger partial charge in [-0.3, -0.25) is 9.20 Å². The van der Waals surface area contributed by atoms with Crippen molar-refractivity contribution in [3.05, 3.63) is 57.4 Å². The van der Waals surface area contributed by atoms with Crippen molar-refractivity contribution in [3.8, 4) is 11.3 Å². The monoisotopic (exact) mass is 405 g/mol. The molecule has 0 aliphatic heterocycles. The van der Waals surface area contributed by atoms with E-state index in [-0.39, 0.29) is 18.3 Å². The van der Waals surface area contributed by atoms with Gasteiger partial charge in [-0.15, -0.1) is 12.4 Å². The Morgan fingerprint density at radius 2 is 1.67 bits per heavy atom. The summed E-state index contributed by atoms with van der Waals surface area (Å²) >= 11 is 6.74. The molecule has 2 heterocycles. The first kappa shape index (κ1) is 21.3. The first-order valence-corrected chi connectivity index (χ1v) is 9.04. The molecular weight excluding hydrogens is 381 g/mol. The first-order valence-electron chi connectivity index (χ1n) is 8.66. The van der Waals surface area contributed by atoms with E-state index >= 15 is 0 Å². The molecule has 0 atom stereocenters. The average molecular weight is 406 g/mol. The second-order valence-corrected chi connectivity index (χ2v) is 7.41. The van der Waals surface area contributed by atoms with Gasteiger partial charge in [0.25, 0.3) is 0 Å². The molecule has 144 valence electrons. The molecule has 6 heteroatoms. The zero-order valence-corrected chi connectivity index (χ0v) is 18.1. The molecule has 4 nitrogen and oxygen atoms in total. The predicted molar refractivity (Wildman–Crippen MR) is 114 cm³/mol. The summed E-state index contributed by atoms with van der Waals surface area (Å²) in [5, 5.41) is 0.586. The Morgan fingerprint density at radius 3 is 2.22 bits per heavy atom. The smallest absolute Gasteiger partial charge is 0.226 e. The Bertz CT molecular complexity index is 1000. The van der Waals surface area contributed by atoms with E-state index in [1.165, 1.54) is 5.56 Å². The molecule has 1 amide bonds. The number of carbonyl (C=O) groups excluding carboxylic acids is 1. The summed E-state index contributed by atoms with van der Waals surface area (Å²) in [6.07, 6.45) is 0.357. The highest BCUT2D eigenvalue weighted by molar-refractivity contribution is 6.32. The van der Waals surface area contributed by atoms with Gasteiger partial charge in [0.2, 0.25) is 5.91 Å². The normalized spacial score (nSPS) is 10.8. The predicted octanol–water partition coefficient (Wildman–Crippen LogP) is 4.94. The summed E-state index contributed by atoms with van der Waals surface area (Å²) in [7, 11) is 3.55. The van der Waals surface area contributed by atoms with E-state index in [1.54, 1.807) is 19.0 Å². The van der Waals surface area contributed by atoms with Gasteiger partial charge in [0.05, 0.1) is 6.42 Å². The fourth-order valence-electron chi connectivity index (χ4n) is 3.22. The number of nitrogens with zero attached hydrogens (tertiary/aromatic N) is 3. The molecule has 0 saturated heterocycles. The largest absolute Gasteiger partial charge is 0.349 e. The molecule has 0 fully saturated rings. The molecule has 1 aromatic carbocycles. The van der Waals surface area contributed by atoms with Crippen LogP contribution in [-0.4, -0.2) is 34.3 Å². The van der Waals surface area contributed by atoms with Crippen molar-refractivity contribution in [2.24, 2.45) is 0 Å². The van der Waals surface area contributed by atoms with Gasteiger partial charge in [0.1, 0.15) is 16.5 Å². The number of amides is 1. The summed E-state index contributed by atoms with van der Waals surface area (Å²) in [4.78, 5) is 18.7. The maximum Gasteiger partial charge on any atom is 0.226 e. The van der Waals surface area contributed by atoms with Gasteiger partial charge in [-0.25, -0.2) is 4.98 Å². The molecule has 0 aliphatic carbocycles. The van der Waals surface area contributed by atoms with Crippen LogP contribution in [0.3, 0.4) is 0 Å². The van der Waals surface area contributed by atoms with Crippen molar-refractivity contribution >= 4 is 35.6 Å². The van der Waals surface area contributed by atoms with Gasteiger partial charge in [-0.2, -0.15) is 0 Å². The molecule has 0 radical (unpaired) electrons. The Hall–Kier alpha value is -2.04. The van der Waals surface area contributed by atoms with Crippen LogP contribution >= 0.6 is 24.0 Å². The van der Waals surface area contributed by atoms with Crippen LogP contribution < -0.4 is 0 Å². The number of rotatable bonds is 3. The molecular formula is C21H25Cl2N3O. The van der Waals surface area contributed by atoms with Crippen LogP contribution in [0.4, 0.5) is 0 Å². The lowest BCUT2D eigenvalue weighted by atomic mass is 9.99. The molecule has 3 aromatic rings. The highest BCUT2D eigenvalue weighted by Crippen LogP contribution is 2.33. The molecule has 0 saturated carbocycles. The number of aryl methyl sites for hydroxylation is 3. The van der Waals surface area contributed by atoms with Crippen molar-refractivity contribution in [2.45, 2.75) is 34.1 Å². The zero-order chi connectivity index (χ0) is 19.2. The van der Waals surface area contributed by atoms with Crippen molar-refractivity contribution in [2.75, 3.05) is 14.1 Å². The van der Waals surface area contributed by atoms with Crippen LogP contribution in [0, 0.1) is 27.7 Å². The van der Waals surface area contributed by atoms with E-state index in [9.17, 15) is 4.79 Å². The third-order valence-corrected chi connectivity index (χ3v) is 5.44. The van der Waals surface area contributed by atoms with Crippen LogP contribution in [0.2, 0.25) is 5.15 Å². The number of fused-ring (bicyclic) bond motifs is 1. The molecule has 0 spiro atoms. The SMILES string of the molecule is Cc1ccc(-c2nc3c(C)c(C)c(CC(=O)N(C)C)c(C)n3c2Cl)cc1.Cl. The number of halogens is 2. The fourth-order valence-corrected chi connectivity index (χ4v) is 3.58. The molecule has 0 aliphatic rings. The van der Waals surface area contributed by atoms with Crippen LogP contribution in [0.5, 0.6) is 0 Å². The van der Waals surface area contributed by atoms with E-state index in [0.29, 0.717) is 11.6 Å². The lowest BCUT2D eigenvalue weighted by Gasteiger charge is -2.17. The van der Waals surface area contributed by atoms with Crippen LogP contribution in [0.25, 0.3) is 16.9 Å². The van der Waals surface area contributed by atoms with Crippen molar-refractivity contribution in [1.82, 2.24) is 14.3 Å². The maximum absolute atomic E-state index is 12.3. The topological polar surface area (TPSA) is 37.6 Å². The summed E-state index contributed by atoms with van der Waals surface area (Å²) in [6, 6.07) is 8.19. The highest BCUT2D eigenvalue weighted by atomic mass is 35.5. The third-order valence-electron chi connectivity index (χ3n) is 5.10. The van der Waals surface area contributed by atoms with E-state index < -0.39 is 0 Å². The van der Waals surface area contributed by atoms with E-state index in [4.69, 9.17) is 16.6 Å². The standard InChI is InChI=1S/C21H24ClN3O.ClH/c1-12-7-9-16(10-8-12)19-20(22)25-15(4)17(11-18(26)24(5)6)13(2)14(3)21(25)23-19;/h7-10H,11H2,1-6H3;1H. The number of carbonyl (C=O) groups is 1. The number of imidazole rings is 1. The van der Waals surface area contributed by atoms with Gasteiger partial charge in [-0.1, -0.05) is 41.4 Å². The Balaban J connectivity index is 0.00000261. The van der Waals surface area contributed by atoms with E-state index in [0.717, 1.165) is 39.3 Å². The molecule has 2 aromatic heterocycles. The summed E-state index contributed by atoms with van der Waals surface area (Å²) in [6.45, 7) is 8.15. The summed E-state index contributed by atoms with van der Waals surface area (Å²) < 4.78 is 1.97.